The number of hydrogen-bond donors (Lipinski definition) is 1. The molecule has 0 aliphatic heterocycles. The van der Waals surface area contributed by atoms with Crippen LogP contribution in [0.3, 0.4) is 0 Å². The minimum absolute atomic E-state index is 0.0818. The Morgan fingerprint density at radius 2 is 1.67 bits per heavy atom. The number of rotatable bonds is 6. The Balaban J connectivity index is 2.78. The van der Waals surface area contributed by atoms with Crippen LogP contribution in [0.15, 0.2) is 24.3 Å². The van der Waals surface area contributed by atoms with Gasteiger partial charge in [-0.1, -0.05) is 23.7 Å². The third kappa shape index (κ3) is 4.58. The summed E-state index contributed by atoms with van der Waals surface area (Å²) in [6.45, 7) is 4.06. The van der Waals surface area contributed by atoms with Crippen LogP contribution in [0.25, 0.3) is 0 Å². The molecule has 18 heavy (non-hydrogen) atoms. The highest BCUT2D eigenvalue weighted by molar-refractivity contribution is 6.30. The largest absolute Gasteiger partial charge is 0.326 e. The predicted molar refractivity (Wildman–Crippen MR) is 79.0 cm³/mol. The number of nitrogens with two attached hydrogens (primary N) is 1. The van der Waals surface area contributed by atoms with Crippen molar-refractivity contribution in [3.63, 3.8) is 0 Å². The predicted octanol–water partition coefficient (Wildman–Crippen LogP) is 2.22. The Kier molecular flexibility index (Phi) is 6.09. The van der Waals surface area contributed by atoms with E-state index < -0.39 is 0 Å². The number of hydrogen-bond acceptors (Lipinski definition) is 3. The summed E-state index contributed by atoms with van der Waals surface area (Å²) in [5.74, 6) is 0. The monoisotopic (exact) mass is 269 g/mol. The van der Waals surface area contributed by atoms with E-state index in [4.69, 9.17) is 17.3 Å². The standard InChI is InChI=1S/C14H24ClN3/c1-11(16)14(18(4)10-9-17(2)3)12-5-7-13(15)8-6-12/h5-8,11,14H,9-10,16H2,1-4H3. The van der Waals surface area contributed by atoms with Crippen molar-refractivity contribution < 1.29 is 0 Å². The summed E-state index contributed by atoms with van der Waals surface area (Å²) in [7, 11) is 6.28. The van der Waals surface area contributed by atoms with Crippen LogP contribution in [0.1, 0.15) is 18.5 Å². The summed E-state index contributed by atoms with van der Waals surface area (Å²) in [5.41, 5.74) is 7.34. The summed E-state index contributed by atoms with van der Waals surface area (Å²) < 4.78 is 0. The average molecular weight is 270 g/mol. The third-order valence-corrected chi connectivity index (χ3v) is 3.34. The molecule has 2 atom stereocenters. The van der Waals surface area contributed by atoms with Crippen molar-refractivity contribution in [3.8, 4) is 0 Å². The average Bonchev–Trinajstić information content (AvgIpc) is 2.29. The van der Waals surface area contributed by atoms with Gasteiger partial charge in [0.25, 0.3) is 0 Å². The van der Waals surface area contributed by atoms with E-state index in [0.717, 1.165) is 18.1 Å². The second-order valence-corrected chi connectivity index (χ2v) is 5.58. The molecule has 0 saturated carbocycles. The van der Waals surface area contributed by atoms with E-state index in [1.54, 1.807) is 0 Å². The first-order chi connectivity index (χ1) is 8.41. The Labute approximate surface area is 116 Å². The lowest BCUT2D eigenvalue weighted by molar-refractivity contribution is 0.198. The molecule has 0 fully saturated rings. The van der Waals surface area contributed by atoms with Gasteiger partial charge < -0.3 is 10.6 Å². The molecule has 0 spiro atoms. The van der Waals surface area contributed by atoms with Gasteiger partial charge in [-0.25, -0.2) is 0 Å². The van der Waals surface area contributed by atoms with Gasteiger partial charge in [0.05, 0.1) is 0 Å². The summed E-state index contributed by atoms with van der Waals surface area (Å²) >= 11 is 5.93. The molecule has 0 radical (unpaired) electrons. The summed E-state index contributed by atoms with van der Waals surface area (Å²) in [6.07, 6.45) is 0. The summed E-state index contributed by atoms with van der Waals surface area (Å²) in [5, 5.41) is 0.762. The van der Waals surface area contributed by atoms with E-state index in [0.29, 0.717) is 0 Å². The van der Waals surface area contributed by atoms with Crippen molar-refractivity contribution in [1.82, 2.24) is 9.80 Å². The van der Waals surface area contributed by atoms with Gasteiger partial charge >= 0.3 is 0 Å². The number of likely N-dealkylation sites (N-methyl/N-ethyl adjacent to an activating group) is 2. The highest BCUT2D eigenvalue weighted by atomic mass is 35.5. The smallest absolute Gasteiger partial charge is 0.0494 e. The Bertz CT molecular complexity index is 349. The maximum Gasteiger partial charge on any atom is 0.0494 e. The molecule has 0 heterocycles. The zero-order valence-corrected chi connectivity index (χ0v) is 12.5. The highest BCUT2D eigenvalue weighted by Gasteiger charge is 2.20. The fourth-order valence-corrected chi connectivity index (χ4v) is 2.24. The van der Waals surface area contributed by atoms with Gasteiger partial charge in [-0.05, 0) is 45.8 Å². The fraction of sp³-hybridized carbons (Fsp3) is 0.571. The molecule has 0 bridgehead atoms. The normalized spacial score (nSPS) is 15.1. The molecule has 1 rings (SSSR count). The second-order valence-electron chi connectivity index (χ2n) is 5.14. The molecule has 4 heteroatoms. The number of benzene rings is 1. The van der Waals surface area contributed by atoms with Crippen LogP contribution in [-0.2, 0) is 0 Å². The van der Waals surface area contributed by atoms with Gasteiger partial charge in [0, 0.05) is 30.2 Å². The molecule has 0 saturated heterocycles. The van der Waals surface area contributed by atoms with Gasteiger partial charge in [0.2, 0.25) is 0 Å². The Morgan fingerprint density at radius 1 is 1.11 bits per heavy atom. The van der Waals surface area contributed by atoms with E-state index >= 15 is 0 Å². The molecule has 1 aromatic carbocycles. The molecule has 0 amide bonds. The summed E-state index contributed by atoms with van der Waals surface area (Å²) in [6, 6.07) is 8.27. The van der Waals surface area contributed by atoms with Gasteiger partial charge in [-0.15, -0.1) is 0 Å². The molecule has 0 aromatic heterocycles. The topological polar surface area (TPSA) is 32.5 Å². The Hall–Kier alpha value is -0.610. The lowest BCUT2D eigenvalue weighted by Gasteiger charge is -2.32. The van der Waals surface area contributed by atoms with E-state index in [1.165, 1.54) is 5.56 Å². The highest BCUT2D eigenvalue weighted by Crippen LogP contribution is 2.23. The van der Waals surface area contributed by atoms with E-state index in [1.807, 2.05) is 19.1 Å². The van der Waals surface area contributed by atoms with Crippen molar-refractivity contribution in [3.05, 3.63) is 34.9 Å². The van der Waals surface area contributed by atoms with Crippen molar-refractivity contribution >= 4 is 11.6 Å². The van der Waals surface area contributed by atoms with Crippen LogP contribution in [0, 0.1) is 0 Å². The SMILES string of the molecule is CC(N)C(c1ccc(Cl)cc1)N(C)CCN(C)C. The first-order valence-corrected chi connectivity index (χ1v) is 6.65. The fourth-order valence-electron chi connectivity index (χ4n) is 2.12. The van der Waals surface area contributed by atoms with Crippen molar-refractivity contribution in [1.29, 1.82) is 0 Å². The van der Waals surface area contributed by atoms with Gasteiger partial charge in [0.15, 0.2) is 0 Å². The summed E-state index contributed by atoms with van der Waals surface area (Å²) in [4.78, 5) is 4.48. The third-order valence-electron chi connectivity index (χ3n) is 3.08. The van der Waals surface area contributed by atoms with Crippen LogP contribution in [0.4, 0.5) is 0 Å². The van der Waals surface area contributed by atoms with Gasteiger partial charge in [-0.2, -0.15) is 0 Å². The number of halogens is 1. The Morgan fingerprint density at radius 3 is 2.11 bits per heavy atom. The van der Waals surface area contributed by atoms with Crippen molar-refractivity contribution in [2.45, 2.75) is 19.0 Å². The number of nitrogens with zero attached hydrogens (tertiary/aromatic N) is 2. The zero-order chi connectivity index (χ0) is 13.7. The van der Waals surface area contributed by atoms with Crippen molar-refractivity contribution in [2.24, 2.45) is 5.73 Å². The van der Waals surface area contributed by atoms with Crippen LogP contribution >= 0.6 is 11.6 Å². The zero-order valence-electron chi connectivity index (χ0n) is 11.7. The van der Waals surface area contributed by atoms with Crippen LogP contribution in [0.5, 0.6) is 0 Å². The second kappa shape index (κ2) is 7.10. The van der Waals surface area contributed by atoms with E-state index in [2.05, 4.69) is 43.1 Å². The maximum absolute atomic E-state index is 6.13. The van der Waals surface area contributed by atoms with Crippen LogP contribution in [0.2, 0.25) is 5.02 Å². The van der Waals surface area contributed by atoms with Crippen molar-refractivity contribution in [2.75, 3.05) is 34.2 Å². The lowest BCUT2D eigenvalue weighted by Crippen LogP contribution is -2.40. The van der Waals surface area contributed by atoms with Crippen LogP contribution < -0.4 is 5.73 Å². The molecule has 0 aliphatic carbocycles. The first kappa shape index (κ1) is 15.4. The van der Waals surface area contributed by atoms with E-state index in [-0.39, 0.29) is 12.1 Å². The molecular weight excluding hydrogens is 246 g/mol. The van der Waals surface area contributed by atoms with E-state index in [9.17, 15) is 0 Å². The molecular formula is C14H24ClN3. The van der Waals surface area contributed by atoms with Gasteiger partial charge in [-0.3, -0.25) is 4.90 Å². The lowest BCUT2D eigenvalue weighted by atomic mass is 9.99. The minimum Gasteiger partial charge on any atom is -0.326 e. The molecule has 1 aromatic rings. The first-order valence-electron chi connectivity index (χ1n) is 6.28. The minimum atomic E-state index is 0.0818. The quantitative estimate of drug-likeness (QED) is 0.860. The van der Waals surface area contributed by atoms with Crippen LogP contribution in [-0.4, -0.2) is 50.1 Å². The molecule has 2 N–H and O–H groups in total. The maximum atomic E-state index is 6.13. The molecule has 3 nitrogen and oxygen atoms in total. The molecule has 102 valence electrons. The molecule has 2 unspecified atom stereocenters. The van der Waals surface area contributed by atoms with Gasteiger partial charge in [0.1, 0.15) is 0 Å². The molecule has 0 aliphatic rings.